The number of ether oxygens (including phenoxy) is 6. The zero-order chi connectivity index (χ0) is 22.1. The standard InChI is InChI=1S/C21H22O9/c1-25-16-9-5-7-14(18(16)27-3)20(23)29-11-13(22)12-30-21(24)15-8-6-10-17(26-2)19(15)28-4/h5-10H,11-12H2,1-4H3. The van der Waals surface area contributed by atoms with Crippen LogP contribution >= 0.6 is 0 Å². The Kier molecular flexibility index (Phi) is 8.04. The topological polar surface area (TPSA) is 107 Å². The second-order valence-electron chi connectivity index (χ2n) is 5.77. The van der Waals surface area contributed by atoms with E-state index in [0.717, 1.165) is 0 Å². The molecule has 2 aromatic carbocycles. The second kappa shape index (κ2) is 10.7. The minimum Gasteiger partial charge on any atom is -0.493 e. The number of carbonyl (C=O) groups is 3. The molecule has 0 saturated heterocycles. The molecule has 0 aliphatic rings. The van der Waals surface area contributed by atoms with Crippen LogP contribution < -0.4 is 18.9 Å². The third-order valence-electron chi connectivity index (χ3n) is 3.97. The molecule has 2 aromatic rings. The molecular formula is C21H22O9. The van der Waals surface area contributed by atoms with E-state index in [1.807, 2.05) is 0 Å². The molecule has 0 aliphatic heterocycles. The van der Waals surface area contributed by atoms with Gasteiger partial charge in [-0.3, -0.25) is 4.79 Å². The zero-order valence-electron chi connectivity index (χ0n) is 17.1. The average Bonchev–Trinajstić information content (AvgIpc) is 2.79. The van der Waals surface area contributed by atoms with E-state index in [4.69, 9.17) is 28.4 Å². The molecule has 9 heteroatoms. The zero-order valence-corrected chi connectivity index (χ0v) is 17.1. The first-order chi connectivity index (χ1) is 14.5. The summed E-state index contributed by atoms with van der Waals surface area (Å²) >= 11 is 0. The minimum atomic E-state index is -0.778. The number of hydrogen-bond donors (Lipinski definition) is 0. The number of esters is 2. The van der Waals surface area contributed by atoms with Crippen molar-refractivity contribution in [1.82, 2.24) is 0 Å². The molecule has 160 valence electrons. The van der Waals surface area contributed by atoms with Crippen molar-refractivity contribution in [2.45, 2.75) is 0 Å². The van der Waals surface area contributed by atoms with E-state index in [9.17, 15) is 14.4 Å². The molecule has 9 nitrogen and oxygen atoms in total. The highest BCUT2D eigenvalue weighted by molar-refractivity contribution is 5.97. The predicted octanol–water partition coefficient (Wildman–Crippen LogP) is 2.30. The lowest BCUT2D eigenvalue weighted by Gasteiger charge is -2.12. The van der Waals surface area contributed by atoms with Gasteiger partial charge >= 0.3 is 11.9 Å². The first-order valence-electron chi connectivity index (χ1n) is 8.74. The normalized spacial score (nSPS) is 10.0. The molecule has 0 aromatic heterocycles. The van der Waals surface area contributed by atoms with Crippen LogP contribution in [0, 0.1) is 0 Å². The van der Waals surface area contributed by atoms with Crippen molar-refractivity contribution in [3.05, 3.63) is 47.5 Å². The summed E-state index contributed by atoms with van der Waals surface area (Å²) in [6, 6.07) is 9.36. The van der Waals surface area contributed by atoms with E-state index in [1.54, 1.807) is 24.3 Å². The van der Waals surface area contributed by atoms with E-state index in [2.05, 4.69) is 0 Å². The summed E-state index contributed by atoms with van der Waals surface area (Å²) in [6.45, 7) is -1.16. The van der Waals surface area contributed by atoms with Crippen LogP contribution in [0.5, 0.6) is 23.0 Å². The SMILES string of the molecule is COc1cccc(C(=O)OCC(=O)COC(=O)c2cccc(OC)c2OC)c1OC. The molecule has 0 atom stereocenters. The third-order valence-corrected chi connectivity index (χ3v) is 3.97. The molecule has 0 spiro atoms. The first-order valence-corrected chi connectivity index (χ1v) is 8.74. The summed E-state index contributed by atoms with van der Waals surface area (Å²) in [7, 11) is 5.63. The summed E-state index contributed by atoms with van der Waals surface area (Å²) in [5.41, 5.74) is 0.200. The Hall–Kier alpha value is -3.75. The van der Waals surface area contributed by atoms with Gasteiger partial charge < -0.3 is 28.4 Å². The van der Waals surface area contributed by atoms with Gasteiger partial charge in [-0.1, -0.05) is 12.1 Å². The van der Waals surface area contributed by atoms with Crippen LogP contribution in [0.25, 0.3) is 0 Å². The smallest absolute Gasteiger partial charge is 0.342 e. The summed E-state index contributed by atoms with van der Waals surface area (Å²) in [5, 5.41) is 0. The van der Waals surface area contributed by atoms with Gasteiger partial charge in [-0.15, -0.1) is 0 Å². The lowest BCUT2D eigenvalue weighted by atomic mass is 10.2. The highest BCUT2D eigenvalue weighted by Crippen LogP contribution is 2.32. The number of rotatable bonds is 10. The van der Waals surface area contributed by atoms with Crippen LogP contribution in [0.1, 0.15) is 20.7 Å². The quantitative estimate of drug-likeness (QED) is 0.537. The Labute approximate surface area is 173 Å². The molecule has 0 unspecified atom stereocenters. The molecule has 0 N–H and O–H groups in total. The molecular weight excluding hydrogens is 396 g/mol. The van der Waals surface area contributed by atoms with Gasteiger partial charge in [-0.25, -0.2) is 9.59 Å². The summed E-state index contributed by atoms with van der Waals surface area (Å²) in [4.78, 5) is 36.5. The third kappa shape index (κ3) is 5.19. The monoisotopic (exact) mass is 418 g/mol. The van der Waals surface area contributed by atoms with E-state index in [0.29, 0.717) is 11.5 Å². The summed E-state index contributed by atoms with van der Waals surface area (Å²) in [5.74, 6) is -1.10. The number of methoxy groups -OCH3 is 4. The highest BCUT2D eigenvalue weighted by atomic mass is 16.6. The molecule has 2 rings (SSSR count). The fraction of sp³-hybridized carbons (Fsp3) is 0.286. The van der Waals surface area contributed by atoms with Crippen molar-refractivity contribution in [2.24, 2.45) is 0 Å². The molecule has 0 heterocycles. The van der Waals surface area contributed by atoms with E-state index in [1.165, 1.54) is 40.6 Å². The number of Topliss-reactive ketones (excluding diaryl/α,β-unsaturated/α-hetero) is 1. The largest absolute Gasteiger partial charge is 0.493 e. The first kappa shape index (κ1) is 22.5. The number of ketones is 1. The molecule has 0 bridgehead atoms. The van der Waals surface area contributed by atoms with Crippen LogP contribution in [-0.2, 0) is 14.3 Å². The minimum absolute atomic E-state index is 0.0998. The highest BCUT2D eigenvalue weighted by Gasteiger charge is 2.21. The molecule has 0 radical (unpaired) electrons. The fourth-order valence-electron chi connectivity index (χ4n) is 2.58. The number of hydrogen-bond acceptors (Lipinski definition) is 9. The average molecular weight is 418 g/mol. The van der Waals surface area contributed by atoms with E-state index in [-0.39, 0.29) is 22.6 Å². The van der Waals surface area contributed by atoms with Gasteiger partial charge in [-0.2, -0.15) is 0 Å². The maximum Gasteiger partial charge on any atom is 0.342 e. The lowest BCUT2D eigenvalue weighted by molar-refractivity contribution is -0.125. The molecule has 0 fully saturated rings. The maximum atomic E-state index is 12.3. The Morgan fingerprint density at radius 3 is 1.37 bits per heavy atom. The van der Waals surface area contributed by atoms with Gasteiger partial charge in [0.25, 0.3) is 0 Å². The van der Waals surface area contributed by atoms with Crippen molar-refractivity contribution in [1.29, 1.82) is 0 Å². The van der Waals surface area contributed by atoms with Crippen molar-refractivity contribution < 1.29 is 42.8 Å². The van der Waals surface area contributed by atoms with Crippen LogP contribution in [0.2, 0.25) is 0 Å². The van der Waals surface area contributed by atoms with Crippen molar-refractivity contribution in [2.75, 3.05) is 41.7 Å². The van der Waals surface area contributed by atoms with Crippen molar-refractivity contribution in [3.8, 4) is 23.0 Å². The van der Waals surface area contributed by atoms with Gasteiger partial charge in [0.2, 0.25) is 5.78 Å². The molecule has 0 aliphatic carbocycles. The summed E-state index contributed by atoms with van der Waals surface area (Å²) < 4.78 is 30.5. The van der Waals surface area contributed by atoms with Gasteiger partial charge in [-0.05, 0) is 24.3 Å². The van der Waals surface area contributed by atoms with Crippen LogP contribution in [0.4, 0.5) is 0 Å². The number of carbonyl (C=O) groups excluding carboxylic acids is 3. The Morgan fingerprint density at radius 2 is 1.03 bits per heavy atom. The molecule has 30 heavy (non-hydrogen) atoms. The van der Waals surface area contributed by atoms with Gasteiger partial charge in [0, 0.05) is 0 Å². The Balaban J connectivity index is 1.95. The molecule has 0 amide bonds. The summed E-state index contributed by atoms with van der Waals surface area (Å²) in [6.07, 6.45) is 0. The lowest BCUT2D eigenvalue weighted by Crippen LogP contribution is -2.21. The van der Waals surface area contributed by atoms with Crippen molar-refractivity contribution in [3.63, 3.8) is 0 Å². The van der Waals surface area contributed by atoms with E-state index < -0.39 is 30.9 Å². The van der Waals surface area contributed by atoms with Crippen molar-refractivity contribution >= 4 is 17.7 Å². The van der Waals surface area contributed by atoms with Gasteiger partial charge in [0.1, 0.15) is 11.1 Å². The number of para-hydroxylation sites is 2. The second-order valence-corrected chi connectivity index (χ2v) is 5.77. The van der Waals surface area contributed by atoms with Crippen LogP contribution in [0.3, 0.4) is 0 Å². The van der Waals surface area contributed by atoms with Gasteiger partial charge in [0.15, 0.2) is 36.2 Å². The Bertz CT molecular complexity index is 847. The maximum absolute atomic E-state index is 12.3. The van der Waals surface area contributed by atoms with Crippen LogP contribution in [-0.4, -0.2) is 59.4 Å². The number of benzene rings is 2. The molecule has 0 saturated carbocycles. The fourth-order valence-corrected chi connectivity index (χ4v) is 2.58. The predicted molar refractivity (Wildman–Crippen MR) is 105 cm³/mol. The van der Waals surface area contributed by atoms with Gasteiger partial charge in [0.05, 0.1) is 28.4 Å². The van der Waals surface area contributed by atoms with E-state index >= 15 is 0 Å². The van der Waals surface area contributed by atoms with Crippen LogP contribution in [0.15, 0.2) is 36.4 Å². The Morgan fingerprint density at radius 1 is 0.633 bits per heavy atom.